The van der Waals surface area contributed by atoms with Crippen molar-refractivity contribution in [2.45, 2.75) is 37.7 Å². The van der Waals surface area contributed by atoms with Gasteiger partial charge in [0.05, 0.1) is 12.7 Å². The van der Waals surface area contributed by atoms with Crippen molar-refractivity contribution >= 4 is 5.91 Å². The summed E-state index contributed by atoms with van der Waals surface area (Å²) in [6, 6.07) is 0. The first kappa shape index (κ1) is 12.8. The van der Waals surface area contributed by atoms with Gasteiger partial charge in [-0.3, -0.25) is 4.79 Å². The van der Waals surface area contributed by atoms with E-state index in [1.54, 1.807) is 0 Å². The standard InChI is InChI=1S/C11H20N2O4/c1-10(2)16-6-8(17-10)7-5-13-9(15)11(7,12)3-4-14/h7-8,14H,3-6,12H2,1-2H3,(H,13,15)/t7-,8+,11+/m0/s1. The first-order chi connectivity index (χ1) is 7.89. The van der Waals surface area contributed by atoms with E-state index in [9.17, 15) is 4.79 Å². The van der Waals surface area contributed by atoms with Crippen molar-refractivity contribution in [3.05, 3.63) is 0 Å². The molecule has 0 saturated carbocycles. The predicted molar refractivity (Wildman–Crippen MR) is 60.0 cm³/mol. The van der Waals surface area contributed by atoms with E-state index in [0.29, 0.717) is 13.2 Å². The third kappa shape index (κ3) is 2.18. The minimum Gasteiger partial charge on any atom is -0.396 e. The highest BCUT2D eigenvalue weighted by atomic mass is 16.7. The zero-order chi connectivity index (χ0) is 12.7. The van der Waals surface area contributed by atoms with Crippen LogP contribution < -0.4 is 11.1 Å². The van der Waals surface area contributed by atoms with Crippen molar-refractivity contribution in [3.63, 3.8) is 0 Å². The summed E-state index contributed by atoms with van der Waals surface area (Å²) in [5.41, 5.74) is 5.07. The van der Waals surface area contributed by atoms with E-state index in [1.807, 2.05) is 13.8 Å². The van der Waals surface area contributed by atoms with Crippen LogP contribution in [0.4, 0.5) is 0 Å². The number of hydrogen-bond acceptors (Lipinski definition) is 5. The normalized spacial score (nSPS) is 40.6. The number of aliphatic hydroxyl groups excluding tert-OH is 1. The topological polar surface area (TPSA) is 93.8 Å². The average Bonchev–Trinajstić information content (AvgIpc) is 2.71. The van der Waals surface area contributed by atoms with Crippen LogP contribution in [0.15, 0.2) is 0 Å². The van der Waals surface area contributed by atoms with Crippen molar-refractivity contribution in [2.75, 3.05) is 19.8 Å². The van der Waals surface area contributed by atoms with Gasteiger partial charge in [0.2, 0.25) is 5.91 Å². The molecule has 2 heterocycles. The largest absolute Gasteiger partial charge is 0.396 e. The van der Waals surface area contributed by atoms with Crippen LogP contribution in [0.25, 0.3) is 0 Å². The molecular formula is C11H20N2O4. The van der Waals surface area contributed by atoms with Crippen molar-refractivity contribution < 1.29 is 19.4 Å². The Hall–Kier alpha value is -0.690. The van der Waals surface area contributed by atoms with Gasteiger partial charge in [-0.1, -0.05) is 0 Å². The van der Waals surface area contributed by atoms with Crippen LogP contribution >= 0.6 is 0 Å². The Morgan fingerprint density at radius 2 is 2.29 bits per heavy atom. The fourth-order valence-corrected chi connectivity index (χ4v) is 2.58. The highest BCUT2D eigenvalue weighted by molar-refractivity contribution is 5.88. The molecule has 0 bridgehead atoms. The molecule has 3 atom stereocenters. The maximum absolute atomic E-state index is 11.8. The molecule has 6 nitrogen and oxygen atoms in total. The number of carbonyl (C=O) groups is 1. The molecule has 0 aliphatic carbocycles. The fourth-order valence-electron chi connectivity index (χ4n) is 2.58. The molecular weight excluding hydrogens is 224 g/mol. The van der Waals surface area contributed by atoms with Gasteiger partial charge in [0.25, 0.3) is 0 Å². The second kappa shape index (κ2) is 4.20. The Balaban J connectivity index is 2.13. The highest BCUT2D eigenvalue weighted by Gasteiger charge is 2.53. The smallest absolute Gasteiger partial charge is 0.240 e. The summed E-state index contributed by atoms with van der Waals surface area (Å²) >= 11 is 0. The highest BCUT2D eigenvalue weighted by Crippen LogP contribution is 2.34. The maximum atomic E-state index is 11.8. The predicted octanol–water partition coefficient (Wildman–Crippen LogP) is -1.04. The van der Waals surface area contributed by atoms with E-state index in [4.69, 9.17) is 20.3 Å². The Labute approximate surface area is 100 Å². The number of ether oxygens (including phenoxy) is 2. The Kier molecular flexibility index (Phi) is 3.15. The number of nitrogens with two attached hydrogens (primary N) is 1. The zero-order valence-electron chi connectivity index (χ0n) is 10.2. The summed E-state index contributed by atoms with van der Waals surface area (Å²) in [7, 11) is 0. The number of amides is 1. The molecule has 0 aromatic rings. The van der Waals surface area contributed by atoms with Gasteiger partial charge in [0.15, 0.2) is 5.79 Å². The molecule has 0 radical (unpaired) electrons. The van der Waals surface area contributed by atoms with Crippen LogP contribution in [0, 0.1) is 5.92 Å². The second-order valence-electron chi connectivity index (χ2n) is 5.20. The second-order valence-corrected chi connectivity index (χ2v) is 5.20. The quantitative estimate of drug-likeness (QED) is 0.590. The number of aliphatic hydroxyl groups is 1. The number of hydrogen-bond donors (Lipinski definition) is 3. The molecule has 0 spiro atoms. The lowest BCUT2D eigenvalue weighted by Crippen LogP contribution is -2.55. The van der Waals surface area contributed by atoms with Crippen LogP contribution in [0.3, 0.4) is 0 Å². The van der Waals surface area contributed by atoms with Crippen LogP contribution in [0.5, 0.6) is 0 Å². The molecule has 2 aliphatic rings. The van der Waals surface area contributed by atoms with Crippen molar-refractivity contribution in [1.29, 1.82) is 0 Å². The lowest BCUT2D eigenvalue weighted by atomic mass is 9.81. The van der Waals surface area contributed by atoms with Gasteiger partial charge in [0, 0.05) is 19.1 Å². The lowest BCUT2D eigenvalue weighted by Gasteiger charge is -2.31. The van der Waals surface area contributed by atoms with Gasteiger partial charge in [-0.15, -0.1) is 0 Å². The molecule has 0 aromatic carbocycles. The third-order valence-corrected chi connectivity index (χ3v) is 3.57. The SMILES string of the molecule is CC1(C)OC[C@H]([C@@H]2CNC(=O)[C@@]2(N)CCO)O1. The Morgan fingerprint density at radius 3 is 2.82 bits per heavy atom. The van der Waals surface area contributed by atoms with Crippen molar-refractivity contribution in [1.82, 2.24) is 5.32 Å². The number of rotatable bonds is 3. The molecule has 2 fully saturated rings. The van der Waals surface area contributed by atoms with E-state index >= 15 is 0 Å². The summed E-state index contributed by atoms with van der Waals surface area (Å²) in [6.45, 7) is 4.46. The van der Waals surface area contributed by atoms with Crippen molar-refractivity contribution in [3.8, 4) is 0 Å². The van der Waals surface area contributed by atoms with Crippen LogP contribution in [0.1, 0.15) is 20.3 Å². The zero-order valence-corrected chi connectivity index (χ0v) is 10.2. The van der Waals surface area contributed by atoms with Crippen LogP contribution in [0.2, 0.25) is 0 Å². The molecule has 98 valence electrons. The summed E-state index contributed by atoms with van der Waals surface area (Å²) in [4.78, 5) is 11.8. The van der Waals surface area contributed by atoms with Crippen LogP contribution in [-0.4, -0.2) is 48.2 Å². The minimum atomic E-state index is -1.05. The van der Waals surface area contributed by atoms with Gasteiger partial charge >= 0.3 is 0 Å². The van der Waals surface area contributed by atoms with Crippen LogP contribution in [-0.2, 0) is 14.3 Å². The molecule has 17 heavy (non-hydrogen) atoms. The fraction of sp³-hybridized carbons (Fsp3) is 0.909. The Bertz CT molecular complexity index is 321. The maximum Gasteiger partial charge on any atom is 0.240 e. The average molecular weight is 244 g/mol. The van der Waals surface area contributed by atoms with Gasteiger partial charge in [0.1, 0.15) is 5.54 Å². The van der Waals surface area contributed by atoms with E-state index < -0.39 is 11.3 Å². The summed E-state index contributed by atoms with van der Waals surface area (Å²) in [5.74, 6) is -1.01. The van der Waals surface area contributed by atoms with Crippen molar-refractivity contribution in [2.24, 2.45) is 11.7 Å². The minimum absolute atomic E-state index is 0.114. The monoisotopic (exact) mass is 244 g/mol. The molecule has 1 amide bonds. The lowest BCUT2D eigenvalue weighted by molar-refractivity contribution is -0.148. The molecule has 0 unspecified atom stereocenters. The summed E-state index contributed by atoms with van der Waals surface area (Å²) in [6.07, 6.45) is 0.0320. The van der Waals surface area contributed by atoms with E-state index in [-0.39, 0.29) is 31.0 Å². The van der Waals surface area contributed by atoms with Gasteiger partial charge < -0.3 is 25.6 Å². The molecule has 2 aliphatic heterocycles. The molecule has 2 rings (SSSR count). The molecule has 0 aromatic heterocycles. The van der Waals surface area contributed by atoms with E-state index in [1.165, 1.54) is 0 Å². The number of carbonyl (C=O) groups excluding carboxylic acids is 1. The molecule has 2 saturated heterocycles. The summed E-state index contributed by atoms with van der Waals surface area (Å²) < 4.78 is 11.2. The van der Waals surface area contributed by atoms with Gasteiger partial charge in [-0.25, -0.2) is 0 Å². The molecule has 6 heteroatoms. The molecule has 4 N–H and O–H groups in total. The van der Waals surface area contributed by atoms with Gasteiger partial charge in [-0.05, 0) is 20.3 Å². The first-order valence-corrected chi connectivity index (χ1v) is 5.89. The number of nitrogens with one attached hydrogen (secondary N) is 1. The van der Waals surface area contributed by atoms with E-state index in [2.05, 4.69) is 5.32 Å². The third-order valence-electron chi connectivity index (χ3n) is 3.57. The van der Waals surface area contributed by atoms with E-state index in [0.717, 1.165) is 0 Å². The first-order valence-electron chi connectivity index (χ1n) is 5.89. The Morgan fingerprint density at radius 1 is 1.59 bits per heavy atom. The van der Waals surface area contributed by atoms with Gasteiger partial charge in [-0.2, -0.15) is 0 Å². The summed E-state index contributed by atoms with van der Waals surface area (Å²) in [5, 5.41) is 11.8.